The molecule has 0 radical (unpaired) electrons. The zero-order chi connectivity index (χ0) is 22.5. The number of nitrogens with zero attached hydrogens (tertiary/aromatic N) is 7. The van der Waals surface area contributed by atoms with Crippen LogP contribution in [0.2, 0.25) is 0 Å². The van der Waals surface area contributed by atoms with Crippen LogP contribution in [-0.2, 0) is 17.9 Å². The Morgan fingerprint density at radius 2 is 2.06 bits per heavy atom. The Kier molecular flexibility index (Phi) is 4.83. The van der Waals surface area contributed by atoms with E-state index >= 15 is 0 Å². The second-order valence-electron chi connectivity index (χ2n) is 8.93. The Morgan fingerprint density at radius 1 is 1.21 bits per heavy atom. The smallest absolute Gasteiger partial charge is 0.229 e. The second-order valence-corrected chi connectivity index (χ2v) is 8.93. The van der Waals surface area contributed by atoms with Gasteiger partial charge >= 0.3 is 0 Å². The van der Waals surface area contributed by atoms with Crippen molar-refractivity contribution in [2.75, 3.05) is 0 Å². The number of fused-ring (bicyclic) bond motifs is 5. The van der Waals surface area contributed by atoms with Crippen LogP contribution in [0.3, 0.4) is 0 Å². The first-order chi connectivity index (χ1) is 16.1. The van der Waals surface area contributed by atoms with Gasteiger partial charge in [-0.25, -0.2) is 9.37 Å². The molecule has 9 nitrogen and oxygen atoms in total. The molecule has 1 saturated carbocycles. The van der Waals surface area contributed by atoms with Crippen molar-refractivity contribution < 1.29 is 13.7 Å². The monoisotopic (exact) mass is 449 g/mol. The molecule has 1 aliphatic heterocycles. The fraction of sp³-hybridized carbons (Fsp3) is 0.435. The van der Waals surface area contributed by atoms with Gasteiger partial charge in [-0.15, -0.1) is 10.2 Å². The molecule has 0 saturated heterocycles. The summed E-state index contributed by atoms with van der Waals surface area (Å²) < 4.78 is 29.7. The lowest BCUT2D eigenvalue weighted by Crippen LogP contribution is -2.13. The lowest BCUT2D eigenvalue weighted by molar-refractivity contribution is 0.0401. The molecule has 0 atom stereocenters. The Labute approximate surface area is 189 Å². The van der Waals surface area contributed by atoms with Gasteiger partial charge in [0.15, 0.2) is 11.6 Å². The van der Waals surface area contributed by atoms with Crippen LogP contribution in [0, 0.1) is 5.82 Å². The third-order valence-corrected chi connectivity index (χ3v) is 6.36. The molecule has 0 spiro atoms. The van der Waals surface area contributed by atoms with Crippen LogP contribution in [0.5, 0.6) is 0 Å². The molecule has 33 heavy (non-hydrogen) atoms. The van der Waals surface area contributed by atoms with E-state index in [-0.39, 0.29) is 17.8 Å². The molecule has 0 N–H and O–H groups in total. The molecule has 1 fully saturated rings. The van der Waals surface area contributed by atoms with Gasteiger partial charge in [0.25, 0.3) is 0 Å². The van der Waals surface area contributed by atoms with Gasteiger partial charge in [-0.3, -0.25) is 4.57 Å². The summed E-state index contributed by atoms with van der Waals surface area (Å²) in [5.74, 6) is 2.05. The summed E-state index contributed by atoms with van der Waals surface area (Å²) in [6.45, 7) is 4.76. The molecule has 4 heterocycles. The fourth-order valence-corrected chi connectivity index (χ4v) is 4.59. The highest BCUT2D eigenvalue weighted by atomic mass is 19.1. The van der Waals surface area contributed by atoms with Gasteiger partial charge in [-0.2, -0.15) is 4.98 Å². The van der Waals surface area contributed by atoms with Gasteiger partial charge in [0, 0.05) is 11.5 Å². The number of ether oxygens (including phenoxy) is 1. The van der Waals surface area contributed by atoms with Gasteiger partial charge < -0.3 is 13.8 Å². The van der Waals surface area contributed by atoms with Gasteiger partial charge in [0.05, 0.1) is 24.0 Å². The van der Waals surface area contributed by atoms with Gasteiger partial charge in [0.2, 0.25) is 11.7 Å². The molecule has 1 aliphatic carbocycles. The maximum absolute atomic E-state index is 14.3. The van der Waals surface area contributed by atoms with E-state index in [1.54, 1.807) is 12.4 Å². The topological polar surface area (TPSA) is 96.7 Å². The predicted octanol–water partition coefficient (Wildman–Crippen LogP) is 4.26. The van der Waals surface area contributed by atoms with Crippen molar-refractivity contribution in [1.29, 1.82) is 0 Å². The van der Waals surface area contributed by atoms with E-state index < -0.39 is 0 Å². The molecule has 4 aromatic rings. The number of imidazole rings is 1. The van der Waals surface area contributed by atoms with Gasteiger partial charge in [-0.1, -0.05) is 31.8 Å². The summed E-state index contributed by atoms with van der Waals surface area (Å²) in [5, 5.41) is 13.0. The van der Waals surface area contributed by atoms with Gasteiger partial charge in [0.1, 0.15) is 24.4 Å². The number of halogens is 1. The maximum atomic E-state index is 14.3. The van der Waals surface area contributed by atoms with Gasteiger partial charge in [-0.05, 0) is 31.0 Å². The third-order valence-electron chi connectivity index (χ3n) is 6.36. The SMILES string of the molecule is CC(C)c1nc(-c2ncn3c2Cn2c(COC4CCCC4)nnc2-c2cc(F)ccc2-3)no1. The highest BCUT2D eigenvalue weighted by Gasteiger charge is 2.29. The molecule has 0 bridgehead atoms. The van der Waals surface area contributed by atoms with Crippen LogP contribution >= 0.6 is 0 Å². The van der Waals surface area contributed by atoms with Crippen LogP contribution in [-0.4, -0.2) is 40.6 Å². The summed E-state index contributed by atoms with van der Waals surface area (Å²) in [5.41, 5.74) is 2.88. The van der Waals surface area contributed by atoms with Crippen molar-refractivity contribution in [2.45, 2.75) is 64.7 Å². The molecule has 3 aromatic heterocycles. The molecule has 6 rings (SSSR count). The number of aromatic nitrogens is 7. The maximum Gasteiger partial charge on any atom is 0.229 e. The van der Waals surface area contributed by atoms with E-state index in [4.69, 9.17) is 9.26 Å². The van der Waals surface area contributed by atoms with Crippen LogP contribution in [0.1, 0.15) is 62.9 Å². The molecular formula is C23H24FN7O2. The quantitative estimate of drug-likeness (QED) is 0.395. The van der Waals surface area contributed by atoms with E-state index in [0.29, 0.717) is 47.8 Å². The lowest BCUT2D eigenvalue weighted by Gasteiger charge is -2.12. The summed E-state index contributed by atoms with van der Waals surface area (Å²) in [4.78, 5) is 9.14. The van der Waals surface area contributed by atoms with E-state index in [1.807, 2.05) is 23.0 Å². The van der Waals surface area contributed by atoms with E-state index in [0.717, 1.165) is 24.2 Å². The number of hydrogen-bond acceptors (Lipinski definition) is 7. The number of hydrogen-bond donors (Lipinski definition) is 0. The van der Waals surface area contributed by atoms with Crippen molar-refractivity contribution in [2.24, 2.45) is 0 Å². The van der Waals surface area contributed by atoms with Crippen molar-refractivity contribution in [3.05, 3.63) is 47.8 Å². The van der Waals surface area contributed by atoms with Crippen molar-refractivity contribution >= 4 is 0 Å². The molecule has 0 amide bonds. The summed E-state index contributed by atoms with van der Waals surface area (Å²) in [6, 6.07) is 4.65. The zero-order valence-corrected chi connectivity index (χ0v) is 18.5. The lowest BCUT2D eigenvalue weighted by atomic mass is 10.1. The fourth-order valence-electron chi connectivity index (χ4n) is 4.59. The Bertz CT molecular complexity index is 1320. The highest BCUT2D eigenvalue weighted by Crippen LogP contribution is 2.35. The Balaban J connectivity index is 1.46. The van der Waals surface area contributed by atoms with E-state index in [1.165, 1.54) is 25.0 Å². The van der Waals surface area contributed by atoms with Crippen LogP contribution < -0.4 is 0 Å². The molecule has 2 aliphatic rings. The standard InChI is InChI=1S/C23H24FN7O2/c1-13(2)23-26-21(29-33-23)20-18-10-30-19(11-32-15-5-3-4-6-15)27-28-22(30)16-9-14(24)7-8-17(16)31(18)12-25-20/h7-9,12-13,15H,3-6,10-11H2,1-2H3. The zero-order valence-electron chi connectivity index (χ0n) is 18.5. The second kappa shape index (κ2) is 7.87. The molecule has 10 heteroatoms. The minimum Gasteiger partial charge on any atom is -0.370 e. The average molecular weight is 449 g/mol. The molecule has 0 unspecified atom stereocenters. The minimum absolute atomic E-state index is 0.111. The summed E-state index contributed by atoms with van der Waals surface area (Å²) >= 11 is 0. The summed E-state index contributed by atoms with van der Waals surface area (Å²) in [7, 11) is 0. The van der Waals surface area contributed by atoms with Crippen LogP contribution in [0.4, 0.5) is 4.39 Å². The van der Waals surface area contributed by atoms with E-state index in [9.17, 15) is 4.39 Å². The molecule has 1 aromatic carbocycles. The third kappa shape index (κ3) is 3.45. The van der Waals surface area contributed by atoms with Crippen LogP contribution in [0.25, 0.3) is 28.6 Å². The normalized spacial score (nSPS) is 15.5. The summed E-state index contributed by atoms with van der Waals surface area (Å²) in [6.07, 6.45) is 6.50. The highest BCUT2D eigenvalue weighted by molar-refractivity contribution is 5.71. The van der Waals surface area contributed by atoms with Crippen molar-refractivity contribution in [3.63, 3.8) is 0 Å². The predicted molar refractivity (Wildman–Crippen MR) is 116 cm³/mol. The van der Waals surface area contributed by atoms with Crippen molar-refractivity contribution in [3.8, 4) is 28.6 Å². The Hall–Kier alpha value is -3.40. The van der Waals surface area contributed by atoms with E-state index in [2.05, 4.69) is 25.3 Å². The molecule has 170 valence electrons. The first-order valence-corrected chi connectivity index (χ1v) is 11.3. The Morgan fingerprint density at radius 3 is 2.85 bits per heavy atom. The largest absolute Gasteiger partial charge is 0.370 e. The average Bonchev–Trinajstić information content (AvgIpc) is 3.59. The number of benzene rings is 1. The van der Waals surface area contributed by atoms with Crippen LogP contribution in [0.15, 0.2) is 29.0 Å². The first kappa shape index (κ1) is 20.2. The number of rotatable bonds is 5. The first-order valence-electron chi connectivity index (χ1n) is 11.3. The molecular weight excluding hydrogens is 425 g/mol. The van der Waals surface area contributed by atoms with Crippen molar-refractivity contribution in [1.82, 2.24) is 34.5 Å². The minimum atomic E-state index is -0.337.